The van der Waals surface area contributed by atoms with Gasteiger partial charge in [-0.05, 0) is 44.2 Å². The molecule has 3 fully saturated rings. The fourth-order valence-corrected chi connectivity index (χ4v) is 4.10. The van der Waals surface area contributed by atoms with E-state index in [0.29, 0.717) is 19.1 Å². The van der Waals surface area contributed by atoms with Crippen molar-refractivity contribution in [2.24, 2.45) is 5.41 Å². The first-order valence-corrected chi connectivity index (χ1v) is 8.32. The summed E-state index contributed by atoms with van der Waals surface area (Å²) in [5.41, 5.74) is 0.468. The Kier molecular flexibility index (Phi) is 3.06. The number of hydrogen-bond donors (Lipinski definition) is 0. The first-order chi connectivity index (χ1) is 10.6. The van der Waals surface area contributed by atoms with Gasteiger partial charge in [0.15, 0.2) is 0 Å². The lowest BCUT2D eigenvalue weighted by Gasteiger charge is -2.37. The Labute approximate surface area is 130 Å². The minimum Gasteiger partial charge on any atom is -0.345 e. The SMILES string of the molecule is CN1CCC[C@]2(CCN(C(=O)c3cccn3C3CC3)C2)C1=O. The van der Waals surface area contributed by atoms with Crippen LogP contribution in [-0.2, 0) is 4.79 Å². The number of likely N-dealkylation sites (tertiary alicyclic amines) is 2. The van der Waals surface area contributed by atoms with Gasteiger partial charge in [0.1, 0.15) is 5.69 Å². The second-order valence-electron chi connectivity index (χ2n) is 7.12. The maximum atomic E-state index is 12.9. The minimum absolute atomic E-state index is 0.0924. The van der Waals surface area contributed by atoms with Crippen LogP contribution in [0.25, 0.3) is 0 Å². The smallest absolute Gasteiger partial charge is 0.270 e. The highest BCUT2D eigenvalue weighted by atomic mass is 16.2. The third-order valence-corrected chi connectivity index (χ3v) is 5.53. The van der Waals surface area contributed by atoms with E-state index in [9.17, 15) is 9.59 Å². The molecule has 5 nitrogen and oxygen atoms in total. The van der Waals surface area contributed by atoms with Crippen molar-refractivity contribution in [2.45, 2.75) is 38.1 Å². The Balaban J connectivity index is 1.53. The molecule has 2 saturated heterocycles. The van der Waals surface area contributed by atoms with Crippen molar-refractivity contribution in [2.75, 3.05) is 26.7 Å². The van der Waals surface area contributed by atoms with Crippen molar-refractivity contribution in [3.63, 3.8) is 0 Å². The second kappa shape index (κ2) is 4.86. The summed E-state index contributed by atoms with van der Waals surface area (Å²) in [4.78, 5) is 29.2. The Morgan fingerprint density at radius 2 is 2.09 bits per heavy atom. The van der Waals surface area contributed by atoms with E-state index in [-0.39, 0.29) is 17.2 Å². The molecule has 1 saturated carbocycles. The third kappa shape index (κ3) is 2.06. The number of amides is 2. The lowest BCUT2D eigenvalue weighted by Crippen LogP contribution is -2.48. The van der Waals surface area contributed by atoms with Gasteiger partial charge in [0.05, 0.1) is 5.41 Å². The molecule has 2 amide bonds. The van der Waals surface area contributed by atoms with Gasteiger partial charge in [0.25, 0.3) is 5.91 Å². The predicted molar refractivity (Wildman–Crippen MR) is 82.5 cm³/mol. The zero-order valence-electron chi connectivity index (χ0n) is 13.1. The molecule has 1 aromatic heterocycles. The molecule has 3 aliphatic rings. The first kappa shape index (κ1) is 13.9. The standard InChI is InChI=1S/C17H23N3O2/c1-18-9-3-7-17(16(18)22)8-11-19(12-17)15(21)14-4-2-10-20(14)13-5-6-13/h2,4,10,13H,3,5-9,11-12H2,1H3/t17-/m1/s1. The van der Waals surface area contributed by atoms with Gasteiger partial charge < -0.3 is 14.4 Å². The van der Waals surface area contributed by atoms with Gasteiger partial charge in [-0.1, -0.05) is 0 Å². The highest BCUT2D eigenvalue weighted by Gasteiger charge is 2.49. The van der Waals surface area contributed by atoms with Crippen molar-refractivity contribution >= 4 is 11.8 Å². The van der Waals surface area contributed by atoms with E-state index in [1.54, 1.807) is 0 Å². The zero-order valence-corrected chi connectivity index (χ0v) is 13.1. The summed E-state index contributed by atoms with van der Waals surface area (Å²) >= 11 is 0. The van der Waals surface area contributed by atoms with Crippen LogP contribution < -0.4 is 0 Å². The van der Waals surface area contributed by atoms with Gasteiger partial charge in [-0.3, -0.25) is 9.59 Å². The van der Waals surface area contributed by atoms with Crippen LogP contribution in [0.2, 0.25) is 0 Å². The molecule has 1 spiro atoms. The molecule has 0 aromatic carbocycles. The van der Waals surface area contributed by atoms with Gasteiger partial charge in [-0.25, -0.2) is 0 Å². The molecule has 0 unspecified atom stereocenters. The van der Waals surface area contributed by atoms with E-state index in [1.165, 1.54) is 12.8 Å². The summed E-state index contributed by atoms with van der Waals surface area (Å²) in [6, 6.07) is 4.38. The molecular formula is C17H23N3O2. The monoisotopic (exact) mass is 301 g/mol. The molecule has 0 bridgehead atoms. The predicted octanol–water partition coefficient (Wildman–Crippen LogP) is 1.91. The number of piperidine rings is 1. The summed E-state index contributed by atoms with van der Waals surface area (Å²) in [5, 5.41) is 0. The summed E-state index contributed by atoms with van der Waals surface area (Å²) in [6.45, 7) is 2.14. The number of carbonyl (C=O) groups is 2. The highest BCUT2D eigenvalue weighted by Crippen LogP contribution is 2.41. The average molecular weight is 301 g/mol. The van der Waals surface area contributed by atoms with E-state index in [2.05, 4.69) is 4.57 Å². The van der Waals surface area contributed by atoms with Crippen LogP contribution >= 0.6 is 0 Å². The van der Waals surface area contributed by atoms with Crippen molar-refractivity contribution in [3.8, 4) is 0 Å². The molecule has 5 heteroatoms. The summed E-state index contributed by atoms with van der Waals surface area (Å²) < 4.78 is 2.11. The maximum absolute atomic E-state index is 12.9. The van der Waals surface area contributed by atoms with Crippen molar-refractivity contribution in [3.05, 3.63) is 24.0 Å². The number of nitrogens with zero attached hydrogens (tertiary/aromatic N) is 3. The number of aromatic nitrogens is 1. The largest absolute Gasteiger partial charge is 0.345 e. The number of carbonyl (C=O) groups excluding carboxylic acids is 2. The van der Waals surface area contributed by atoms with Crippen LogP contribution in [0.1, 0.15) is 48.6 Å². The van der Waals surface area contributed by atoms with E-state index >= 15 is 0 Å². The van der Waals surface area contributed by atoms with E-state index in [0.717, 1.165) is 31.5 Å². The van der Waals surface area contributed by atoms with Crippen LogP contribution in [0.3, 0.4) is 0 Å². The quantitative estimate of drug-likeness (QED) is 0.837. The zero-order chi connectivity index (χ0) is 15.3. The number of rotatable bonds is 2. The lowest BCUT2D eigenvalue weighted by molar-refractivity contribution is -0.143. The second-order valence-corrected chi connectivity index (χ2v) is 7.12. The van der Waals surface area contributed by atoms with E-state index < -0.39 is 0 Å². The van der Waals surface area contributed by atoms with Gasteiger partial charge in [-0.2, -0.15) is 0 Å². The molecular weight excluding hydrogens is 278 g/mol. The van der Waals surface area contributed by atoms with E-state index in [4.69, 9.17) is 0 Å². The number of hydrogen-bond acceptors (Lipinski definition) is 2. The molecule has 1 aliphatic carbocycles. The molecule has 0 radical (unpaired) electrons. The molecule has 2 aliphatic heterocycles. The molecule has 1 atom stereocenters. The molecule has 3 heterocycles. The van der Waals surface area contributed by atoms with Crippen LogP contribution in [0, 0.1) is 5.41 Å². The van der Waals surface area contributed by atoms with Gasteiger partial charge in [0.2, 0.25) is 5.91 Å². The normalized spacial score (nSPS) is 28.7. The third-order valence-electron chi connectivity index (χ3n) is 5.53. The summed E-state index contributed by atoms with van der Waals surface area (Å²) in [7, 11) is 1.88. The Morgan fingerprint density at radius 1 is 1.27 bits per heavy atom. The highest BCUT2D eigenvalue weighted by molar-refractivity contribution is 5.94. The van der Waals surface area contributed by atoms with Crippen LogP contribution in [0.4, 0.5) is 0 Å². The Morgan fingerprint density at radius 3 is 2.86 bits per heavy atom. The van der Waals surface area contributed by atoms with Crippen molar-refractivity contribution in [1.82, 2.24) is 14.4 Å². The molecule has 1 aromatic rings. The van der Waals surface area contributed by atoms with Gasteiger partial charge in [-0.15, -0.1) is 0 Å². The topological polar surface area (TPSA) is 45.5 Å². The van der Waals surface area contributed by atoms with Gasteiger partial charge >= 0.3 is 0 Å². The average Bonchev–Trinajstić information content (AvgIpc) is 3.09. The summed E-state index contributed by atoms with van der Waals surface area (Å²) in [6.07, 6.45) is 7.12. The Bertz CT molecular complexity index is 619. The first-order valence-electron chi connectivity index (χ1n) is 8.32. The fourth-order valence-electron chi connectivity index (χ4n) is 4.10. The maximum Gasteiger partial charge on any atom is 0.270 e. The molecule has 0 N–H and O–H groups in total. The van der Waals surface area contributed by atoms with Crippen LogP contribution in [0.5, 0.6) is 0 Å². The lowest BCUT2D eigenvalue weighted by atomic mass is 9.78. The molecule has 22 heavy (non-hydrogen) atoms. The fraction of sp³-hybridized carbons (Fsp3) is 0.647. The van der Waals surface area contributed by atoms with Crippen LogP contribution in [0.15, 0.2) is 18.3 Å². The minimum atomic E-state index is -0.320. The summed E-state index contributed by atoms with van der Waals surface area (Å²) in [5.74, 6) is 0.321. The van der Waals surface area contributed by atoms with E-state index in [1.807, 2.05) is 35.2 Å². The Hall–Kier alpha value is -1.78. The van der Waals surface area contributed by atoms with Crippen LogP contribution in [-0.4, -0.2) is 52.9 Å². The molecule has 4 rings (SSSR count). The van der Waals surface area contributed by atoms with Gasteiger partial charge in [0, 0.05) is 38.9 Å². The van der Waals surface area contributed by atoms with Crippen molar-refractivity contribution < 1.29 is 9.59 Å². The molecule has 118 valence electrons. The van der Waals surface area contributed by atoms with Crippen molar-refractivity contribution in [1.29, 1.82) is 0 Å².